The molecule has 0 saturated carbocycles. The van der Waals surface area contributed by atoms with E-state index < -0.39 is 5.97 Å². The number of cyclic esters (lactones) is 1. The van der Waals surface area contributed by atoms with E-state index in [4.69, 9.17) is 14.6 Å². The summed E-state index contributed by atoms with van der Waals surface area (Å²) in [5, 5.41) is 8.57. The maximum absolute atomic E-state index is 11.5. The molecule has 5 nitrogen and oxygen atoms in total. The van der Waals surface area contributed by atoms with E-state index in [1.165, 1.54) is 0 Å². The van der Waals surface area contributed by atoms with Gasteiger partial charge in [-0.15, -0.1) is 0 Å². The molecule has 1 N–H and O–H groups in total. The largest absolute Gasteiger partial charge is 0.481 e. The van der Waals surface area contributed by atoms with Crippen LogP contribution in [0, 0.1) is 11.8 Å². The van der Waals surface area contributed by atoms with E-state index in [0.29, 0.717) is 32.0 Å². The van der Waals surface area contributed by atoms with Gasteiger partial charge in [0.05, 0.1) is 12.5 Å². The van der Waals surface area contributed by atoms with Gasteiger partial charge in [-0.05, 0) is 25.2 Å². The van der Waals surface area contributed by atoms with Crippen molar-refractivity contribution in [2.24, 2.45) is 11.8 Å². The Balaban J connectivity index is 2.18. The Morgan fingerprint density at radius 3 is 2.89 bits per heavy atom. The van der Waals surface area contributed by atoms with Crippen LogP contribution in [0.15, 0.2) is 0 Å². The Kier molecular flexibility index (Phi) is 6.12. The minimum atomic E-state index is -0.876. The first-order chi connectivity index (χ1) is 8.49. The van der Waals surface area contributed by atoms with E-state index >= 15 is 0 Å². The number of aliphatic carboxylic acids is 1. The van der Waals surface area contributed by atoms with E-state index in [-0.39, 0.29) is 24.4 Å². The number of esters is 1. The predicted octanol–water partition coefficient (Wildman–Crippen LogP) is 1.85. The zero-order valence-electron chi connectivity index (χ0n) is 11.1. The van der Waals surface area contributed by atoms with Gasteiger partial charge in [0, 0.05) is 13.0 Å². The number of ether oxygens (including phenoxy) is 2. The van der Waals surface area contributed by atoms with Crippen molar-refractivity contribution in [3.8, 4) is 0 Å². The second-order valence-corrected chi connectivity index (χ2v) is 5.18. The van der Waals surface area contributed by atoms with E-state index in [1.54, 1.807) is 0 Å². The molecule has 0 aromatic heterocycles. The fourth-order valence-electron chi connectivity index (χ4n) is 1.89. The summed E-state index contributed by atoms with van der Waals surface area (Å²) in [4.78, 5) is 21.9. The van der Waals surface area contributed by atoms with Crippen molar-refractivity contribution in [1.29, 1.82) is 0 Å². The van der Waals surface area contributed by atoms with E-state index in [9.17, 15) is 9.59 Å². The molecule has 2 atom stereocenters. The van der Waals surface area contributed by atoms with Crippen molar-refractivity contribution >= 4 is 11.9 Å². The molecule has 0 bridgehead atoms. The van der Waals surface area contributed by atoms with Gasteiger partial charge in [-0.25, -0.2) is 0 Å². The molecule has 0 aromatic carbocycles. The molecule has 0 aromatic rings. The highest BCUT2D eigenvalue weighted by atomic mass is 16.6. The average molecular weight is 258 g/mol. The van der Waals surface area contributed by atoms with Gasteiger partial charge in [0.15, 0.2) is 0 Å². The molecular weight excluding hydrogens is 236 g/mol. The van der Waals surface area contributed by atoms with Crippen LogP contribution < -0.4 is 0 Å². The Morgan fingerprint density at radius 1 is 1.56 bits per heavy atom. The number of carbonyl (C=O) groups is 2. The van der Waals surface area contributed by atoms with Gasteiger partial charge in [0.1, 0.15) is 6.10 Å². The van der Waals surface area contributed by atoms with Gasteiger partial charge in [-0.3, -0.25) is 9.59 Å². The third kappa shape index (κ3) is 5.49. The second-order valence-electron chi connectivity index (χ2n) is 5.18. The monoisotopic (exact) mass is 258 g/mol. The van der Waals surface area contributed by atoms with Crippen LogP contribution in [0.25, 0.3) is 0 Å². The highest BCUT2D eigenvalue weighted by Crippen LogP contribution is 2.25. The van der Waals surface area contributed by atoms with Crippen LogP contribution in [-0.4, -0.2) is 36.4 Å². The Morgan fingerprint density at radius 2 is 2.28 bits per heavy atom. The van der Waals surface area contributed by atoms with Crippen molar-refractivity contribution in [2.75, 3.05) is 13.2 Å². The highest BCUT2D eigenvalue weighted by Gasteiger charge is 2.34. The SMILES string of the molecule is CC(C)CCOCC1CC(CCC(=O)O)C(=O)O1. The molecule has 1 fully saturated rings. The van der Waals surface area contributed by atoms with Gasteiger partial charge in [0.25, 0.3) is 0 Å². The number of hydrogen-bond acceptors (Lipinski definition) is 4. The van der Waals surface area contributed by atoms with Crippen molar-refractivity contribution < 1.29 is 24.2 Å². The number of rotatable bonds is 8. The molecule has 1 saturated heterocycles. The molecule has 1 aliphatic rings. The zero-order chi connectivity index (χ0) is 13.5. The van der Waals surface area contributed by atoms with Crippen LogP contribution in [0.1, 0.15) is 39.5 Å². The zero-order valence-corrected chi connectivity index (χ0v) is 11.1. The molecule has 1 rings (SSSR count). The molecule has 5 heteroatoms. The number of carboxylic acid groups (broad SMARTS) is 1. The van der Waals surface area contributed by atoms with Crippen molar-refractivity contribution in [2.45, 2.75) is 45.6 Å². The summed E-state index contributed by atoms with van der Waals surface area (Å²) in [5.41, 5.74) is 0. The lowest BCUT2D eigenvalue weighted by Gasteiger charge is -2.10. The second kappa shape index (κ2) is 7.36. The molecule has 18 heavy (non-hydrogen) atoms. The maximum Gasteiger partial charge on any atom is 0.309 e. The van der Waals surface area contributed by atoms with Crippen molar-refractivity contribution in [1.82, 2.24) is 0 Å². The summed E-state index contributed by atoms with van der Waals surface area (Å²) in [5.74, 6) is -0.840. The Labute approximate surface area is 107 Å². The summed E-state index contributed by atoms with van der Waals surface area (Å²) < 4.78 is 10.6. The fraction of sp³-hybridized carbons (Fsp3) is 0.846. The summed E-state index contributed by atoms with van der Waals surface area (Å²) in [6, 6.07) is 0. The minimum Gasteiger partial charge on any atom is -0.481 e. The number of hydrogen-bond donors (Lipinski definition) is 1. The molecular formula is C13H22O5. The number of carboxylic acids is 1. The predicted molar refractivity (Wildman–Crippen MR) is 65.1 cm³/mol. The van der Waals surface area contributed by atoms with Crippen LogP contribution in [0.4, 0.5) is 0 Å². The minimum absolute atomic E-state index is 0.0146. The van der Waals surface area contributed by atoms with E-state index in [1.807, 2.05) is 0 Å². The van der Waals surface area contributed by atoms with Gasteiger partial charge >= 0.3 is 11.9 Å². The van der Waals surface area contributed by atoms with Crippen LogP contribution in [0.2, 0.25) is 0 Å². The van der Waals surface area contributed by atoms with Gasteiger partial charge in [-0.2, -0.15) is 0 Å². The summed E-state index contributed by atoms with van der Waals surface area (Å²) in [6.45, 7) is 5.34. The molecule has 0 spiro atoms. The summed E-state index contributed by atoms with van der Waals surface area (Å²) >= 11 is 0. The first-order valence-electron chi connectivity index (χ1n) is 6.49. The molecule has 0 amide bonds. The lowest BCUT2D eigenvalue weighted by Crippen LogP contribution is -2.16. The lowest BCUT2D eigenvalue weighted by atomic mass is 9.99. The van der Waals surface area contributed by atoms with Crippen molar-refractivity contribution in [3.05, 3.63) is 0 Å². The van der Waals surface area contributed by atoms with Crippen LogP contribution in [0.3, 0.4) is 0 Å². The molecule has 1 aliphatic heterocycles. The van der Waals surface area contributed by atoms with Crippen LogP contribution in [0.5, 0.6) is 0 Å². The third-order valence-electron chi connectivity index (χ3n) is 3.01. The van der Waals surface area contributed by atoms with Crippen molar-refractivity contribution in [3.63, 3.8) is 0 Å². The van der Waals surface area contributed by atoms with E-state index in [0.717, 1.165) is 6.42 Å². The lowest BCUT2D eigenvalue weighted by molar-refractivity contribution is -0.146. The first-order valence-corrected chi connectivity index (χ1v) is 6.49. The molecule has 104 valence electrons. The Bertz CT molecular complexity index is 287. The molecule has 1 heterocycles. The van der Waals surface area contributed by atoms with Gasteiger partial charge in [-0.1, -0.05) is 13.8 Å². The maximum atomic E-state index is 11.5. The topological polar surface area (TPSA) is 72.8 Å². The Hall–Kier alpha value is -1.10. The number of carbonyl (C=O) groups excluding carboxylic acids is 1. The van der Waals surface area contributed by atoms with Gasteiger partial charge in [0.2, 0.25) is 0 Å². The smallest absolute Gasteiger partial charge is 0.309 e. The molecule has 0 aliphatic carbocycles. The van der Waals surface area contributed by atoms with Gasteiger partial charge < -0.3 is 14.6 Å². The average Bonchev–Trinajstić information content (AvgIpc) is 2.62. The fourth-order valence-corrected chi connectivity index (χ4v) is 1.89. The standard InChI is InChI=1S/C13H22O5/c1-9(2)5-6-17-8-11-7-10(13(16)18-11)3-4-12(14)15/h9-11H,3-8H2,1-2H3,(H,14,15). The quantitative estimate of drug-likeness (QED) is 0.531. The van der Waals surface area contributed by atoms with E-state index in [2.05, 4.69) is 13.8 Å². The molecule has 0 radical (unpaired) electrons. The summed E-state index contributed by atoms with van der Waals surface area (Å²) in [6.07, 6.45) is 1.73. The van der Waals surface area contributed by atoms with Crippen LogP contribution in [-0.2, 0) is 19.1 Å². The van der Waals surface area contributed by atoms with Crippen LogP contribution >= 0.6 is 0 Å². The first kappa shape index (κ1) is 15.0. The highest BCUT2D eigenvalue weighted by molar-refractivity contribution is 5.75. The summed E-state index contributed by atoms with van der Waals surface area (Å²) in [7, 11) is 0. The third-order valence-corrected chi connectivity index (χ3v) is 3.01. The normalized spacial score (nSPS) is 23.4. The molecule has 2 unspecified atom stereocenters.